The van der Waals surface area contributed by atoms with Crippen LogP contribution >= 0.6 is 0 Å². The van der Waals surface area contributed by atoms with Crippen molar-refractivity contribution in [2.75, 3.05) is 0 Å². The van der Waals surface area contributed by atoms with Crippen molar-refractivity contribution in [2.24, 2.45) is 0 Å². The van der Waals surface area contributed by atoms with Crippen LogP contribution in [0.15, 0.2) is 18.5 Å². The predicted octanol–water partition coefficient (Wildman–Crippen LogP) is -0.209. The molecule has 0 aliphatic carbocycles. The fourth-order valence-corrected chi connectivity index (χ4v) is 1.33. The van der Waals surface area contributed by atoms with Gasteiger partial charge >= 0.3 is 0 Å². The van der Waals surface area contributed by atoms with Crippen LogP contribution in [0.25, 0.3) is 0 Å². The third-order valence-electron chi connectivity index (χ3n) is 2.06. The van der Waals surface area contributed by atoms with E-state index in [0.717, 1.165) is 4.90 Å². The molecule has 1 aromatic rings. The van der Waals surface area contributed by atoms with Gasteiger partial charge in [-0.15, -0.1) is 0 Å². The highest BCUT2D eigenvalue weighted by Gasteiger charge is 2.30. The van der Waals surface area contributed by atoms with Gasteiger partial charge in [-0.05, 0) is 6.92 Å². The summed E-state index contributed by atoms with van der Waals surface area (Å²) in [4.78, 5) is 27.6. The van der Waals surface area contributed by atoms with E-state index < -0.39 is 6.04 Å². The molecule has 1 atom stereocenters. The number of aromatic nitrogens is 3. The lowest BCUT2D eigenvalue weighted by atomic mass is 10.3. The number of rotatable bonds is 2. The summed E-state index contributed by atoms with van der Waals surface area (Å²) in [6.45, 7) is 1.71. The molecule has 1 N–H and O–H groups in total. The maximum Gasteiger partial charge on any atom is 0.254 e. The molecule has 0 fully saturated rings. The van der Waals surface area contributed by atoms with Gasteiger partial charge in [-0.3, -0.25) is 19.6 Å². The van der Waals surface area contributed by atoms with Gasteiger partial charge in [0.1, 0.15) is 12.2 Å². The summed E-state index contributed by atoms with van der Waals surface area (Å²) in [5, 5.41) is 6.28. The Balaban J connectivity index is 2.24. The molecule has 2 amide bonds. The maximum atomic E-state index is 11.3. The molecular formula is C8H8N4O2. The first-order chi connectivity index (χ1) is 6.70. The highest BCUT2D eigenvalue weighted by atomic mass is 16.2. The molecule has 1 aliphatic rings. The molecule has 14 heavy (non-hydrogen) atoms. The van der Waals surface area contributed by atoms with E-state index in [0.29, 0.717) is 5.82 Å². The fraction of sp³-hybridized carbons (Fsp3) is 0.250. The molecule has 6 heteroatoms. The Morgan fingerprint density at radius 1 is 1.36 bits per heavy atom. The van der Waals surface area contributed by atoms with E-state index in [-0.39, 0.29) is 11.8 Å². The number of hydrogen-bond donors (Lipinski definition) is 1. The van der Waals surface area contributed by atoms with Crippen molar-refractivity contribution in [1.82, 2.24) is 20.1 Å². The summed E-state index contributed by atoms with van der Waals surface area (Å²) in [5.41, 5.74) is 0. The predicted molar refractivity (Wildman–Crippen MR) is 45.8 cm³/mol. The number of aromatic amines is 1. The highest BCUT2D eigenvalue weighted by Crippen LogP contribution is 2.19. The number of nitrogens with one attached hydrogen (secondary N) is 1. The molecule has 0 aromatic carbocycles. The molecule has 2 rings (SSSR count). The molecule has 2 heterocycles. The normalized spacial score (nSPS) is 17.9. The zero-order valence-electron chi connectivity index (χ0n) is 7.47. The smallest absolute Gasteiger partial charge is 0.254 e. The maximum absolute atomic E-state index is 11.3. The minimum absolute atomic E-state index is 0.320. The second-order valence-corrected chi connectivity index (χ2v) is 2.93. The third-order valence-corrected chi connectivity index (χ3v) is 2.06. The first kappa shape index (κ1) is 8.61. The quantitative estimate of drug-likeness (QED) is 0.657. The number of amides is 2. The highest BCUT2D eigenvalue weighted by molar-refractivity contribution is 6.13. The third kappa shape index (κ3) is 1.20. The van der Waals surface area contributed by atoms with Crippen LogP contribution in [0.2, 0.25) is 0 Å². The first-order valence-electron chi connectivity index (χ1n) is 4.10. The van der Waals surface area contributed by atoms with Crippen molar-refractivity contribution in [3.63, 3.8) is 0 Å². The van der Waals surface area contributed by atoms with Crippen molar-refractivity contribution >= 4 is 11.8 Å². The van der Waals surface area contributed by atoms with Gasteiger partial charge in [-0.25, -0.2) is 4.98 Å². The molecule has 0 radical (unpaired) electrons. The molecule has 1 aromatic heterocycles. The summed E-state index contributed by atoms with van der Waals surface area (Å²) < 4.78 is 0. The summed E-state index contributed by atoms with van der Waals surface area (Å²) in [5.74, 6) is -0.145. The second kappa shape index (κ2) is 3.06. The number of hydrogen-bond acceptors (Lipinski definition) is 4. The average Bonchev–Trinajstić information content (AvgIpc) is 2.75. The van der Waals surface area contributed by atoms with Crippen LogP contribution in [-0.4, -0.2) is 31.9 Å². The topological polar surface area (TPSA) is 79.0 Å². The Kier molecular flexibility index (Phi) is 1.88. The first-order valence-corrected chi connectivity index (χ1v) is 4.10. The second-order valence-electron chi connectivity index (χ2n) is 2.93. The van der Waals surface area contributed by atoms with E-state index in [1.807, 2.05) is 0 Å². The number of carbonyl (C=O) groups is 2. The average molecular weight is 192 g/mol. The van der Waals surface area contributed by atoms with Crippen LogP contribution in [0.1, 0.15) is 18.8 Å². The van der Waals surface area contributed by atoms with Gasteiger partial charge in [0.25, 0.3) is 11.8 Å². The Labute approximate surface area is 79.6 Å². The van der Waals surface area contributed by atoms with Crippen molar-refractivity contribution in [3.8, 4) is 0 Å². The molecule has 1 aliphatic heterocycles. The van der Waals surface area contributed by atoms with E-state index in [4.69, 9.17) is 0 Å². The molecule has 0 saturated carbocycles. The van der Waals surface area contributed by atoms with Crippen molar-refractivity contribution in [1.29, 1.82) is 0 Å². The van der Waals surface area contributed by atoms with Crippen molar-refractivity contribution < 1.29 is 9.59 Å². The zero-order chi connectivity index (χ0) is 10.1. The largest absolute Gasteiger partial charge is 0.269 e. The van der Waals surface area contributed by atoms with Gasteiger partial charge in [0.15, 0.2) is 0 Å². The lowest BCUT2D eigenvalue weighted by Gasteiger charge is -2.19. The van der Waals surface area contributed by atoms with Gasteiger partial charge < -0.3 is 0 Å². The van der Waals surface area contributed by atoms with Crippen LogP contribution in [0.4, 0.5) is 0 Å². The van der Waals surface area contributed by atoms with Crippen LogP contribution in [-0.2, 0) is 9.59 Å². The van der Waals surface area contributed by atoms with E-state index in [1.54, 1.807) is 6.92 Å². The SMILES string of the molecule is CC(c1ncn[nH]1)N1C(=O)C=CC1=O. The molecule has 6 nitrogen and oxygen atoms in total. The van der Waals surface area contributed by atoms with Crippen LogP contribution in [0, 0.1) is 0 Å². The standard InChI is InChI=1S/C8H8N4O2/c1-5(8-9-4-10-11-8)12-6(13)2-3-7(12)14/h2-5H,1H3,(H,9,10,11). The van der Waals surface area contributed by atoms with Gasteiger partial charge in [-0.1, -0.05) is 0 Å². The lowest BCUT2D eigenvalue weighted by molar-refractivity contribution is -0.139. The van der Waals surface area contributed by atoms with E-state index in [2.05, 4.69) is 15.2 Å². The number of imide groups is 1. The Bertz CT molecular complexity index is 377. The van der Waals surface area contributed by atoms with Crippen LogP contribution < -0.4 is 0 Å². The minimum Gasteiger partial charge on any atom is -0.269 e. The van der Waals surface area contributed by atoms with Gasteiger partial charge in [0, 0.05) is 12.2 Å². The Morgan fingerprint density at radius 2 is 2.00 bits per heavy atom. The van der Waals surface area contributed by atoms with Crippen LogP contribution in [0.3, 0.4) is 0 Å². The van der Waals surface area contributed by atoms with E-state index in [9.17, 15) is 9.59 Å². The Hall–Kier alpha value is -1.98. The summed E-state index contributed by atoms with van der Waals surface area (Å²) in [6.07, 6.45) is 3.83. The number of nitrogens with zero attached hydrogens (tertiary/aromatic N) is 3. The lowest BCUT2D eigenvalue weighted by Crippen LogP contribution is -2.33. The molecule has 0 spiro atoms. The summed E-state index contributed by atoms with van der Waals surface area (Å²) in [7, 11) is 0. The van der Waals surface area contributed by atoms with Crippen molar-refractivity contribution in [3.05, 3.63) is 24.3 Å². The Morgan fingerprint density at radius 3 is 2.50 bits per heavy atom. The summed E-state index contributed by atoms with van der Waals surface area (Å²) >= 11 is 0. The minimum atomic E-state index is -0.410. The molecular weight excluding hydrogens is 184 g/mol. The number of H-pyrrole nitrogens is 1. The molecule has 0 bridgehead atoms. The monoisotopic (exact) mass is 192 g/mol. The van der Waals surface area contributed by atoms with Crippen LogP contribution in [0.5, 0.6) is 0 Å². The van der Waals surface area contributed by atoms with E-state index in [1.165, 1.54) is 18.5 Å². The molecule has 1 unspecified atom stereocenters. The molecule has 72 valence electrons. The summed E-state index contributed by atoms with van der Waals surface area (Å²) in [6, 6.07) is -0.410. The van der Waals surface area contributed by atoms with Gasteiger partial charge in [0.05, 0.1) is 6.04 Å². The van der Waals surface area contributed by atoms with Crippen molar-refractivity contribution in [2.45, 2.75) is 13.0 Å². The van der Waals surface area contributed by atoms with E-state index >= 15 is 0 Å². The zero-order valence-corrected chi connectivity index (χ0v) is 7.47. The van der Waals surface area contributed by atoms with Gasteiger partial charge in [-0.2, -0.15) is 5.10 Å². The molecule has 0 saturated heterocycles. The van der Waals surface area contributed by atoms with Gasteiger partial charge in [0.2, 0.25) is 0 Å². The fourth-order valence-electron chi connectivity index (χ4n) is 1.33. The number of carbonyl (C=O) groups excluding carboxylic acids is 2.